The van der Waals surface area contributed by atoms with Crippen molar-refractivity contribution in [3.05, 3.63) is 70.3 Å². The van der Waals surface area contributed by atoms with Gasteiger partial charge < -0.3 is 20.0 Å². The second-order valence-electron chi connectivity index (χ2n) is 8.26. The predicted octanol–water partition coefficient (Wildman–Crippen LogP) is 7.33. The standard InChI is InChI=1S/C22H22ClN5O2.C3H6O.C3H8.2C2H6.CH4O/c1-4-24-20(29)12-18-22-27-26-13(2)28(22)19-10-9-16(30-3)11-17(19)21(25-18)14-5-7-15(23)8-6-14;1-2-3-4;1-3-2;3*1-2/h5-11,18H,4,12H2,1-3H3,(H,24,29);3H,2H2,1H3;3H2,1-2H3;2*1-2H3;2H,1H3/t18-;;;;;/m0...../s1. The normalized spacial score (nSPS) is 11.8. The Hall–Kier alpha value is -3.56. The highest BCUT2D eigenvalue weighted by atomic mass is 35.5. The molecular formula is C33H52ClN5O4. The van der Waals surface area contributed by atoms with Gasteiger partial charge in [0.15, 0.2) is 5.82 Å². The van der Waals surface area contributed by atoms with Crippen LogP contribution in [0.4, 0.5) is 0 Å². The summed E-state index contributed by atoms with van der Waals surface area (Å²) in [5.41, 5.74) is 3.41. The van der Waals surface area contributed by atoms with E-state index in [1.165, 1.54) is 6.42 Å². The molecule has 4 rings (SSSR count). The van der Waals surface area contributed by atoms with Crippen LogP contribution in [0, 0.1) is 6.92 Å². The van der Waals surface area contributed by atoms with Gasteiger partial charge in [-0.2, -0.15) is 0 Å². The number of aromatic nitrogens is 3. The number of rotatable bonds is 6. The number of hydrogen-bond acceptors (Lipinski definition) is 7. The highest BCUT2D eigenvalue weighted by molar-refractivity contribution is 6.30. The maximum absolute atomic E-state index is 12.4. The molecule has 9 nitrogen and oxygen atoms in total. The van der Waals surface area contributed by atoms with Gasteiger partial charge in [-0.25, -0.2) is 0 Å². The van der Waals surface area contributed by atoms with Crippen LogP contribution < -0.4 is 10.1 Å². The second kappa shape index (κ2) is 25.0. The number of ether oxygens (including phenoxy) is 1. The first-order valence-electron chi connectivity index (χ1n) is 14.9. The van der Waals surface area contributed by atoms with E-state index in [9.17, 15) is 9.59 Å². The number of aldehydes is 1. The number of carbonyl (C=O) groups excluding carboxylic acids is 2. The summed E-state index contributed by atoms with van der Waals surface area (Å²) >= 11 is 6.10. The Morgan fingerprint density at radius 2 is 1.58 bits per heavy atom. The number of amides is 1. The fourth-order valence-electron chi connectivity index (χ4n) is 3.62. The van der Waals surface area contributed by atoms with E-state index in [0.29, 0.717) is 29.6 Å². The monoisotopic (exact) mass is 617 g/mol. The highest BCUT2D eigenvalue weighted by Crippen LogP contribution is 2.34. The van der Waals surface area contributed by atoms with Crippen molar-refractivity contribution in [2.24, 2.45) is 4.99 Å². The molecule has 0 spiro atoms. The molecule has 1 aromatic heterocycles. The summed E-state index contributed by atoms with van der Waals surface area (Å²) in [6.45, 7) is 18.4. The Bertz CT molecular complexity index is 1210. The molecule has 10 heteroatoms. The van der Waals surface area contributed by atoms with Gasteiger partial charge >= 0.3 is 0 Å². The van der Waals surface area contributed by atoms with Gasteiger partial charge in [0.05, 0.1) is 24.9 Å². The Morgan fingerprint density at radius 1 is 1.02 bits per heavy atom. The average Bonchev–Trinajstić information content (AvgIpc) is 3.37. The van der Waals surface area contributed by atoms with Crippen molar-refractivity contribution in [1.29, 1.82) is 0 Å². The second-order valence-corrected chi connectivity index (χ2v) is 8.70. The first-order chi connectivity index (χ1) is 20.8. The summed E-state index contributed by atoms with van der Waals surface area (Å²) in [6.07, 6.45) is 2.94. The third-order valence-corrected chi connectivity index (χ3v) is 5.42. The minimum absolute atomic E-state index is 0.0857. The van der Waals surface area contributed by atoms with Gasteiger partial charge in [0.25, 0.3) is 0 Å². The molecule has 1 atom stereocenters. The number of aliphatic imine (C=N–C) groups is 1. The molecule has 0 saturated heterocycles. The van der Waals surface area contributed by atoms with Gasteiger partial charge in [-0.3, -0.25) is 14.4 Å². The van der Waals surface area contributed by atoms with Crippen LogP contribution in [-0.4, -0.2) is 58.5 Å². The van der Waals surface area contributed by atoms with Gasteiger partial charge in [0.1, 0.15) is 23.9 Å². The molecule has 0 aliphatic carbocycles. The molecule has 0 radical (unpaired) electrons. The molecule has 0 saturated carbocycles. The van der Waals surface area contributed by atoms with E-state index >= 15 is 0 Å². The first kappa shape index (κ1) is 41.6. The molecule has 43 heavy (non-hydrogen) atoms. The number of hydrogen-bond donors (Lipinski definition) is 2. The SMILES string of the molecule is CC.CC.CCC.CCC=O.CCNC(=O)C[C@@H]1N=C(c2ccc(Cl)cc2)c2cc(OC)ccc2-n2c(C)nnc21.CO. The maximum Gasteiger partial charge on any atom is 0.222 e. The lowest BCUT2D eigenvalue weighted by Gasteiger charge is -2.14. The van der Waals surface area contributed by atoms with Crippen molar-refractivity contribution in [1.82, 2.24) is 20.1 Å². The number of methoxy groups -OCH3 is 1. The molecule has 1 aliphatic rings. The minimum Gasteiger partial charge on any atom is -0.497 e. The summed E-state index contributed by atoms with van der Waals surface area (Å²) in [7, 11) is 2.63. The van der Waals surface area contributed by atoms with Crippen molar-refractivity contribution in [2.75, 3.05) is 20.8 Å². The van der Waals surface area contributed by atoms with Crippen molar-refractivity contribution < 1.29 is 19.4 Å². The summed E-state index contributed by atoms with van der Waals surface area (Å²) in [6, 6.07) is 12.8. The number of aliphatic hydroxyl groups excluding tert-OH is 1. The fraction of sp³-hybridized carbons (Fsp3) is 0.485. The van der Waals surface area contributed by atoms with Crippen molar-refractivity contribution in [3.8, 4) is 11.4 Å². The van der Waals surface area contributed by atoms with Crippen LogP contribution in [0.3, 0.4) is 0 Å². The van der Waals surface area contributed by atoms with E-state index in [1.54, 1.807) is 7.11 Å². The third kappa shape index (κ3) is 13.1. The summed E-state index contributed by atoms with van der Waals surface area (Å²) in [5, 5.41) is 19.1. The Labute approximate surface area is 263 Å². The smallest absolute Gasteiger partial charge is 0.222 e. The van der Waals surface area contributed by atoms with E-state index in [4.69, 9.17) is 26.4 Å². The molecule has 2 N–H and O–H groups in total. The number of halogens is 1. The van der Waals surface area contributed by atoms with Crippen LogP contribution in [0.15, 0.2) is 47.5 Å². The molecule has 2 aromatic carbocycles. The highest BCUT2D eigenvalue weighted by Gasteiger charge is 2.29. The van der Waals surface area contributed by atoms with E-state index in [0.717, 1.165) is 41.7 Å². The number of fused-ring (bicyclic) bond motifs is 3. The fourth-order valence-corrected chi connectivity index (χ4v) is 3.75. The molecule has 1 aliphatic heterocycles. The van der Waals surface area contributed by atoms with E-state index in [1.807, 2.05) is 95.5 Å². The van der Waals surface area contributed by atoms with Crippen LogP contribution in [0.25, 0.3) is 5.69 Å². The zero-order valence-electron chi connectivity index (χ0n) is 27.9. The molecule has 0 bridgehead atoms. The van der Waals surface area contributed by atoms with Gasteiger partial charge in [-0.15, -0.1) is 10.2 Å². The lowest BCUT2D eigenvalue weighted by molar-refractivity contribution is -0.121. The maximum atomic E-state index is 12.4. The topological polar surface area (TPSA) is 119 Å². The lowest BCUT2D eigenvalue weighted by Crippen LogP contribution is -2.25. The molecule has 2 heterocycles. The number of nitrogens with zero attached hydrogens (tertiary/aromatic N) is 4. The van der Waals surface area contributed by atoms with Crippen LogP contribution in [0.5, 0.6) is 5.75 Å². The number of carbonyl (C=O) groups is 2. The van der Waals surface area contributed by atoms with Crippen LogP contribution in [0.1, 0.15) is 103 Å². The Balaban J connectivity index is 0. The summed E-state index contributed by atoms with van der Waals surface area (Å²) < 4.78 is 7.43. The van der Waals surface area contributed by atoms with Crippen LogP contribution in [-0.2, 0) is 9.59 Å². The molecule has 240 valence electrons. The Morgan fingerprint density at radius 3 is 2.07 bits per heavy atom. The first-order valence-corrected chi connectivity index (χ1v) is 15.3. The summed E-state index contributed by atoms with van der Waals surface area (Å²) in [5.74, 6) is 1.99. The van der Waals surface area contributed by atoms with E-state index in [2.05, 4.69) is 29.4 Å². The molecule has 0 unspecified atom stereocenters. The number of benzene rings is 2. The van der Waals surface area contributed by atoms with E-state index in [-0.39, 0.29) is 12.3 Å². The van der Waals surface area contributed by atoms with Gasteiger partial charge in [0, 0.05) is 36.2 Å². The van der Waals surface area contributed by atoms with Crippen LogP contribution >= 0.6 is 11.6 Å². The van der Waals surface area contributed by atoms with Crippen molar-refractivity contribution in [3.63, 3.8) is 0 Å². The number of aryl methyl sites for hydroxylation is 1. The van der Waals surface area contributed by atoms with Crippen molar-refractivity contribution in [2.45, 2.75) is 87.6 Å². The molecule has 1 amide bonds. The van der Waals surface area contributed by atoms with Gasteiger partial charge in [0.2, 0.25) is 5.91 Å². The van der Waals surface area contributed by atoms with Gasteiger partial charge in [-0.05, 0) is 44.2 Å². The quantitative estimate of drug-likeness (QED) is 0.280. The van der Waals surface area contributed by atoms with E-state index < -0.39 is 6.04 Å². The largest absolute Gasteiger partial charge is 0.497 e. The number of aliphatic hydroxyl groups is 1. The summed E-state index contributed by atoms with van der Waals surface area (Å²) in [4.78, 5) is 26.6. The minimum atomic E-state index is -0.484. The van der Waals surface area contributed by atoms with Crippen LogP contribution in [0.2, 0.25) is 5.02 Å². The molecule has 3 aromatic rings. The molecular weight excluding hydrogens is 566 g/mol. The third-order valence-electron chi connectivity index (χ3n) is 5.17. The van der Waals surface area contributed by atoms with Crippen molar-refractivity contribution >= 4 is 29.5 Å². The lowest BCUT2D eigenvalue weighted by atomic mass is 10.00. The number of nitrogens with one attached hydrogen (secondary N) is 1. The average molecular weight is 618 g/mol. The molecule has 0 fully saturated rings. The zero-order chi connectivity index (χ0) is 33.4. The Kier molecular flexibility index (Phi) is 24.2. The zero-order valence-corrected chi connectivity index (χ0v) is 28.6. The van der Waals surface area contributed by atoms with Gasteiger partial charge in [-0.1, -0.05) is 78.6 Å². The predicted molar refractivity (Wildman–Crippen MR) is 179 cm³/mol.